The molecule has 0 aliphatic carbocycles. The number of hydrogen-bond donors (Lipinski definition) is 2. The third-order valence-electron chi connectivity index (χ3n) is 4.18. The summed E-state index contributed by atoms with van der Waals surface area (Å²) >= 11 is 0. The van der Waals surface area contributed by atoms with Crippen LogP contribution in [-0.2, 0) is 10.0 Å². The number of hydrogen-bond acceptors (Lipinski definition) is 4. The van der Waals surface area contributed by atoms with Gasteiger partial charge in [-0.15, -0.1) is 12.4 Å². The van der Waals surface area contributed by atoms with Crippen molar-refractivity contribution in [2.75, 3.05) is 24.4 Å². The molecule has 2 aromatic rings. The number of sulfonamides is 1. The van der Waals surface area contributed by atoms with E-state index in [4.69, 9.17) is 0 Å². The lowest BCUT2D eigenvalue weighted by molar-refractivity contribution is 0.0656. The molecule has 140 valence electrons. The average Bonchev–Trinajstić information content (AvgIpc) is 2.62. The molecule has 6 nitrogen and oxygen atoms in total. The Bertz CT molecular complexity index is 859. The predicted octanol–water partition coefficient (Wildman–Crippen LogP) is 2.34. The van der Waals surface area contributed by atoms with Crippen molar-refractivity contribution in [1.82, 2.24) is 10.2 Å². The Morgan fingerprint density at radius 3 is 2.58 bits per heavy atom. The van der Waals surface area contributed by atoms with Crippen molar-refractivity contribution in [2.24, 2.45) is 0 Å². The lowest BCUT2D eigenvalue weighted by Gasteiger charge is -2.34. The summed E-state index contributed by atoms with van der Waals surface area (Å²) in [7, 11) is -3.68. The molecule has 0 aromatic heterocycles. The number of rotatable bonds is 4. The standard InChI is InChI=1S/C18H21N3O3S.ClH/c1-14-13-19-10-11-21(14)18(22)15-6-5-7-16(12-15)20-25(23,24)17-8-3-2-4-9-17;/h2-9,12,14,19-20H,10-11,13H2,1H3;1H/t14-;/m1./s1. The van der Waals surface area contributed by atoms with E-state index in [1.807, 2.05) is 6.92 Å². The summed E-state index contributed by atoms with van der Waals surface area (Å²) in [4.78, 5) is 14.7. The van der Waals surface area contributed by atoms with Crippen LogP contribution in [0.15, 0.2) is 59.5 Å². The molecule has 2 aromatic carbocycles. The fourth-order valence-electron chi connectivity index (χ4n) is 2.84. The molecule has 3 rings (SSSR count). The molecule has 8 heteroatoms. The molecule has 1 fully saturated rings. The Hall–Kier alpha value is -2.09. The maximum Gasteiger partial charge on any atom is 0.261 e. The third kappa shape index (κ3) is 4.55. The normalized spacial score (nSPS) is 17.3. The molecule has 1 heterocycles. The van der Waals surface area contributed by atoms with E-state index in [2.05, 4.69) is 10.0 Å². The molecule has 1 aliphatic rings. The van der Waals surface area contributed by atoms with Crippen molar-refractivity contribution in [3.05, 3.63) is 60.2 Å². The molecule has 1 atom stereocenters. The van der Waals surface area contributed by atoms with Gasteiger partial charge in [-0.1, -0.05) is 24.3 Å². The minimum atomic E-state index is -3.68. The fraction of sp³-hybridized carbons (Fsp3) is 0.278. The van der Waals surface area contributed by atoms with E-state index in [-0.39, 0.29) is 29.3 Å². The fourth-order valence-corrected chi connectivity index (χ4v) is 3.91. The second-order valence-electron chi connectivity index (χ2n) is 6.05. The summed E-state index contributed by atoms with van der Waals surface area (Å²) in [5.41, 5.74) is 0.847. The number of anilines is 1. The Balaban J connectivity index is 0.00000243. The van der Waals surface area contributed by atoms with E-state index in [1.165, 1.54) is 12.1 Å². The zero-order valence-corrected chi connectivity index (χ0v) is 16.0. The largest absolute Gasteiger partial charge is 0.333 e. The summed E-state index contributed by atoms with van der Waals surface area (Å²) in [5, 5.41) is 3.25. The summed E-state index contributed by atoms with van der Waals surface area (Å²) in [5.74, 6) is -0.0882. The van der Waals surface area contributed by atoms with Crippen LogP contribution in [0.2, 0.25) is 0 Å². The SMILES string of the molecule is C[C@@H]1CNCCN1C(=O)c1cccc(NS(=O)(=O)c2ccccc2)c1.Cl. The maximum absolute atomic E-state index is 12.7. The quantitative estimate of drug-likeness (QED) is 0.832. The number of halogens is 1. The number of nitrogens with zero attached hydrogens (tertiary/aromatic N) is 1. The van der Waals surface area contributed by atoms with Crippen molar-refractivity contribution >= 4 is 34.0 Å². The first kappa shape index (κ1) is 20.2. The second-order valence-corrected chi connectivity index (χ2v) is 7.73. The van der Waals surface area contributed by atoms with E-state index in [0.717, 1.165) is 13.1 Å². The monoisotopic (exact) mass is 395 g/mol. The minimum Gasteiger partial charge on any atom is -0.333 e. The number of nitrogens with one attached hydrogen (secondary N) is 2. The Morgan fingerprint density at radius 2 is 1.88 bits per heavy atom. The van der Waals surface area contributed by atoms with E-state index in [0.29, 0.717) is 17.8 Å². The topological polar surface area (TPSA) is 78.5 Å². The minimum absolute atomic E-state index is 0. The van der Waals surface area contributed by atoms with Crippen molar-refractivity contribution < 1.29 is 13.2 Å². The molecule has 0 spiro atoms. The highest BCUT2D eigenvalue weighted by Gasteiger charge is 2.24. The van der Waals surface area contributed by atoms with Gasteiger partial charge in [0.25, 0.3) is 15.9 Å². The predicted molar refractivity (Wildman–Crippen MR) is 104 cm³/mol. The van der Waals surface area contributed by atoms with Crippen molar-refractivity contribution in [3.63, 3.8) is 0 Å². The molecule has 0 bridgehead atoms. The van der Waals surface area contributed by atoms with Gasteiger partial charge in [0.1, 0.15) is 0 Å². The van der Waals surface area contributed by atoms with Crippen molar-refractivity contribution in [3.8, 4) is 0 Å². The summed E-state index contributed by atoms with van der Waals surface area (Å²) in [6.45, 7) is 4.15. The van der Waals surface area contributed by atoms with Crippen molar-refractivity contribution in [1.29, 1.82) is 0 Å². The van der Waals surface area contributed by atoms with E-state index < -0.39 is 10.0 Å². The molecule has 1 aliphatic heterocycles. The van der Waals surface area contributed by atoms with Crippen LogP contribution in [0.4, 0.5) is 5.69 Å². The van der Waals surface area contributed by atoms with E-state index >= 15 is 0 Å². The Kier molecular flexibility index (Phi) is 6.63. The molecule has 0 radical (unpaired) electrons. The third-order valence-corrected chi connectivity index (χ3v) is 5.57. The first-order valence-corrected chi connectivity index (χ1v) is 9.65. The van der Waals surface area contributed by atoms with Gasteiger partial charge in [-0.05, 0) is 37.3 Å². The second kappa shape index (κ2) is 8.53. The number of carbonyl (C=O) groups excluding carboxylic acids is 1. The van der Waals surface area contributed by atoms with Gasteiger partial charge in [-0.25, -0.2) is 8.42 Å². The van der Waals surface area contributed by atoms with Crippen LogP contribution in [0.25, 0.3) is 0 Å². The van der Waals surface area contributed by atoms with Crippen LogP contribution in [0.3, 0.4) is 0 Å². The van der Waals surface area contributed by atoms with Gasteiger partial charge < -0.3 is 10.2 Å². The molecule has 0 saturated carbocycles. The molecule has 1 saturated heterocycles. The average molecular weight is 396 g/mol. The van der Waals surface area contributed by atoms with Crippen LogP contribution >= 0.6 is 12.4 Å². The number of benzene rings is 2. The number of carbonyl (C=O) groups is 1. The van der Waals surface area contributed by atoms with E-state index in [9.17, 15) is 13.2 Å². The number of amides is 1. The first-order valence-electron chi connectivity index (χ1n) is 8.17. The molecule has 26 heavy (non-hydrogen) atoms. The molecule has 2 N–H and O–H groups in total. The van der Waals surface area contributed by atoms with Crippen LogP contribution in [0.5, 0.6) is 0 Å². The molecule has 0 unspecified atom stereocenters. The van der Waals surface area contributed by atoms with Crippen molar-refractivity contribution in [2.45, 2.75) is 17.9 Å². The molecular formula is C18H22ClN3O3S. The van der Waals surface area contributed by atoms with Crippen LogP contribution in [0, 0.1) is 0 Å². The lowest BCUT2D eigenvalue weighted by atomic mass is 10.1. The lowest BCUT2D eigenvalue weighted by Crippen LogP contribution is -2.52. The van der Waals surface area contributed by atoms with Crippen LogP contribution < -0.4 is 10.0 Å². The van der Waals surface area contributed by atoms with Gasteiger partial charge in [0.2, 0.25) is 0 Å². The molecular weight excluding hydrogens is 374 g/mol. The first-order chi connectivity index (χ1) is 12.0. The Labute approximate surface area is 160 Å². The summed E-state index contributed by atoms with van der Waals surface area (Å²) in [6, 6.07) is 14.9. The summed E-state index contributed by atoms with van der Waals surface area (Å²) in [6.07, 6.45) is 0. The van der Waals surface area contributed by atoms with Gasteiger partial charge in [0.15, 0.2) is 0 Å². The van der Waals surface area contributed by atoms with Gasteiger partial charge in [-0.2, -0.15) is 0 Å². The maximum atomic E-state index is 12.7. The van der Waals surface area contributed by atoms with Gasteiger partial charge >= 0.3 is 0 Å². The molecule has 1 amide bonds. The highest BCUT2D eigenvalue weighted by atomic mass is 35.5. The van der Waals surface area contributed by atoms with Crippen LogP contribution in [-0.4, -0.2) is 44.9 Å². The van der Waals surface area contributed by atoms with Crippen LogP contribution in [0.1, 0.15) is 17.3 Å². The zero-order valence-electron chi connectivity index (χ0n) is 14.4. The smallest absolute Gasteiger partial charge is 0.261 e. The number of piperazine rings is 1. The Morgan fingerprint density at radius 1 is 1.15 bits per heavy atom. The van der Waals surface area contributed by atoms with Gasteiger partial charge in [0, 0.05) is 36.9 Å². The van der Waals surface area contributed by atoms with E-state index in [1.54, 1.807) is 47.4 Å². The zero-order chi connectivity index (χ0) is 17.9. The van der Waals surface area contributed by atoms with Gasteiger partial charge in [0.05, 0.1) is 4.90 Å². The van der Waals surface area contributed by atoms with Gasteiger partial charge in [-0.3, -0.25) is 9.52 Å². The highest BCUT2D eigenvalue weighted by Crippen LogP contribution is 2.19. The highest BCUT2D eigenvalue weighted by molar-refractivity contribution is 7.92. The summed E-state index contributed by atoms with van der Waals surface area (Å²) < 4.78 is 27.4.